The van der Waals surface area contributed by atoms with Crippen LogP contribution in [-0.4, -0.2) is 51.0 Å². The standard InChI is InChI=1S/C12H20O3S.C10H16O2.C2H4OS/c1-9(14)16-12(4,7-8-13)6-5-10-11(2,3)15-10;1-8(6-7-11)4-5-9-10(2,3)12-9;1-2(3)4/h8,10H,5-7H2,1-4H3;6-7,9H,4-5H2,1-3H3;1H3,(H,3,4)/b;8-6+;. The van der Waals surface area contributed by atoms with Crippen LogP contribution in [0.3, 0.4) is 0 Å². The summed E-state index contributed by atoms with van der Waals surface area (Å²) in [5, 5.41) is -0.0691. The smallest absolute Gasteiger partial charge is 0.186 e. The number of carbonyl (C=O) groups excluding carboxylic acids is 4. The van der Waals surface area contributed by atoms with Crippen LogP contribution in [0, 0.1) is 0 Å². The lowest BCUT2D eigenvalue weighted by molar-refractivity contribution is -0.110. The SMILES string of the molecule is C/C(=C\C=O)CCC1OC1(C)C.CC(=O)S.CC(=O)SC(C)(CC=O)CCC1OC1(C)C. The molecule has 184 valence electrons. The van der Waals surface area contributed by atoms with Crippen LogP contribution < -0.4 is 0 Å². The van der Waals surface area contributed by atoms with Crippen molar-refractivity contribution in [2.45, 2.75) is 116 Å². The molecular weight excluding hydrogens is 448 g/mol. The second kappa shape index (κ2) is 13.7. The van der Waals surface area contributed by atoms with E-state index < -0.39 is 0 Å². The van der Waals surface area contributed by atoms with Crippen LogP contribution in [-0.2, 0) is 28.7 Å². The minimum atomic E-state index is -0.268. The van der Waals surface area contributed by atoms with Crippen molar-refractivity contribution in [2.75, 3.05) is 0 Å². The van der Waals surface area contributed by atoms with E-state index in [1.54, 1.807) is 13.0 Å². The molecule has 0 aromatic heterocycles. The fourth-order valence-corrected chi connectivity index (χ4v) is 4.26. The average Bonchev–Trinajstić information content (AvgIpc) is 3.44. The van der Waals surface area contributed by atoms with E-state index in [0.29, 0.717) is 12.5 Å². The summed E-state index contributed by atoms with van der Waals surface area (Å²) in [5.74, 6) is 0. The highest BCUT2D eigenvalue weighted by molar-refractivity contribution is 8.14. The van der Waals surface area contributed by atoms with Crippen molar-refractivity contribution in [1.29, 1.82) is 0 Å². The topological polar surface area (TPSA) is 93.3 Å². The van der Waals surface area contributed by atoms with Crippen LogP contribution in [0.25, 0.3) is 0 Å². The highest BCUT2D eigenvalue weighted by Crippen LogP contribution is 2.42. The number of hydrogen-bond donors (Lipinski definition) is 1. The fraction of sp³-hybridized carbons (Fsp3) is 0.750. The predicted octanol–water partition coefficient (Wildman–Crippen LogP) is 5.12. The minimum Gasteiger partial charge on any atom is -0.367 e. The molecule has 2 aliphatic heterocycles. The molecule has 8 heteroatoms. The molecule has 0 aromatic rings. The van der Waals surface area contributed by atoms with Gasteiger partial charge in [-0.15, -0.1) is 12.6 Å². The van der Waals surface area contributed by atoms with Crippen LogP contribution in [0.1, 0.15) is 87.5 Å². The average molecular weight is 489 g/mol. The summed E-state index contributed by atoms with van der Waals surface area (Å²) in [6.07, 6.45) is 8.21. The summed E-state index contributed by atoms with van der Waals surface area (Å²) in [5.41, 5.74) is 1.21. The molecule has 0 saturated carbocycles. The molecule has 0 N–H and O–H groups in total. The normalized spacial score (nSPS) is 23.8. The first-order valence-corrected chi connectivity index (χ1v) is 12.1. The predicted molar refractivity (Wildman–Crippen MR) is 133 cm³/mol. The number of thiol groups is 1. The molecule has 2 rings (SSSR count). The Kier molecular flexibility index (Phi) is 13.3. The van der Waals surface area contributed by atoms with Gasteiger partial charge in [-0.3, -0.25) is 14.4 Å². The molecule has 6 nitrogen and oxygen atoms in total. The van der Waals surface area contributed by atoms with Crippen molar-refractivity contribution in [3.63, 3.8) is 0 Å². The third-order valence-electron chi connectivity index (χ3n) is 5.32. The number of epoxide rings is 2. The van der Waals surface area contributed by atoms with E-state index in [4.69, 9.17) is 9.47 Å². The van der Waals surface area contributed by atoms with E-state index in [1.165, 1.54) is 18.7 Å². The Morgan fingerprint density at radius 2 is 1.44 bits per heavy atom. The number of rotatable bonds is 10. The Hall–Kier alpha value is -0.960. The molecular formula is C24H40O6S2. The molecule has 2 fully saturated rings. The van der Waals surface area contributed by atoms with Gasteiger partial charge in [0.1, 0.15) is 12.6 Å². The second-order valence-electron chi connectivity index (χ2n) is 9.58. The van der Waals surface area contributed by atoms with E-state index >= 15 is 0 Å². The van der Waals surface area contributed by atoms with E-state index in [1.807, 2.05) is 13.8 Å². The Labute approximate surface area is 203 Å². The summed E-state index contributed by atoms with van der Waals surface area (Å²) in [7, 11) is 0. The summed E-state index contributed by atoms with van der Waals surface area (Å²) in [6.45, 7) is 15.2. The Morgan fingerprint density at radius 1 is 1.00 bits per heavy atom. The molecule has 2 aliphatic rings. The number of ether oxygens (including phenoxy) is 2. The molecule has 3 unspecified atom stereocenters. The maximum atomic E-state index is 11.1. The Bertz CT molecular complexity index is 682. The number of hydrogen-bond acceptors (Lipinski definition) is 7. The number of allylic oxidation sites excluding steroid dienone is 2. The van der Waals surface area contributed by atoms with Gasteiger partial charge >= 0.3 is 0 Å². The lowest BCUT2D eigenvalue weighted by Gasteiger charge is -2.25. The van der Waals surface area contributed by atoms with Gasteiger partial charge in [0.2, 0.25) is 0 Å². The zero-order chi connectivity index (χ0) is 25.2. The molecule has 0 spiro atoms. The molecule has 32 heavy (non-hydrogen) atoms. The van der Waals surface area contributed by atoms with Crippen molar-refractivity contribution in [2.24, 2.45) is 0 Å². The third-order valence-corrected chi connectivity index (χ3v) is 6.47. The van der Waals surface area contributed by atoms with Gasteiger partial charge in [0.05, 0.1) is 23.4 Å². The third kappa shape index (κ3) is 14.2. The van der Waals surface area contributed by atoms with Gasteiger partial charge in [-0.2, -0.15) is 0 Å². The second-order valence-corrected chi connectivity index (χ2v) is 12.0. The van der Waals surface area contributed by atoms with Gasteiger partial charge in [0.15, 0.2) is 10.2 Å². The summed E-state index contributed by atoms with van der Waals surface area (Å²) in [4.78, 5) is 41.2. The van der Waals surface area contributed by atoms with E-state index in [2.05, 4.69) is 40.3 Å². The van der Waals surface area contributed by atoms with E-state index in [9.17, 15) is 19.2 Å². The van der Waals surface area contributed by atoms with E-state index in [0.717, 1.165) is 43.8 Å². The highest BCUT2D eigenvalue weighted by atomic mass is 32.2. The zero-order valence-corrected chi connectivity index (χ0v) is 22.4. The minimum absolute atomic E-state index is 0.0109. The van der Waals surface area contributed by atoms with Crippen molar-refractivity contribution >= 4 is 47.2 Å². The van der Waals surface area contributed by atoms with Gasteiger partial charge in [-0.25, -0.2) is 0 Å². The molecule has 0 aromatic carbocycles. The molecule has 0 aliphatic carbocycles. The molecule has 2 saturated heterocycles. The van der Waals surface area contributed by atoms with Crippen LogP contribution in [0.2, 0.25) is 0 Å². The lowest BCUT2D eigenvalue weighted by atomic mass is 9.97. The van der Waals surface area contributed by atoms with Crippen LogP contribution in [0.15, 0.2) is 11.6 Å². The van der Waals surface area contributed by atoms with Crippen molar-refractivity contribution in [3.8, 4) is 0 Å². The molecule has 2 heterocycles. The maximum Gasteiger partial charge on any atom is 0.186 e. The fourth-order valence-electron chi connectivity index (χ4n) is 3.19. The Balaban J connectivity index is 0.000000529. The van der Waals surface area contributed by atoms with Crippen LogP contribution in [0.5, 0.6) is 0 Å². The quantitative estimate of drug-likeness (QED) is 0.197. The Morgan fingerprint density at radius 3 is 1.78 bits per heavy atom. The van der Waals surface area contributed by atoms with Gasteiger partial charge in [-0.1, -0.05) is 17.3 Å². The largest absolute Gasteiger partial charge is 0.367 e. The van der Waals surface area contributed by atoms with Gasteiger partial charge in [-0.05, 0) is 73.3 Å². The van der Waals surface area contributed by atoms with Gasteiger partial charge < -0.3 is 14.3 Å². The monoisotopic (exact) mass is 488 g/mol. The number of carbonyl (C=O) groups is 4. The first kappa shape index (κ1) is 31.0. The molecule has 0 amide bonds. The maximum absolute atomic E-state index is 11.1. The van der Waals surface area contributed by atoms with Crippen LogP contribution >= 0.6 is 24.4 Å². The lowest BCUT2D eigenvalue weighted by Crippen LogP contribution is -2.23. The highest BCUT2D eigenvalue weighted by Gasteiger charge is 2.48. The van der Waals surface area contributed by atoms with Crippen molar-refractivity contribution in [1.82, 2.24) is 0 Å². The van der Waals surface area contributed by atoms with Crippen molar-refractivity contribution < 1.29 is 28.7 Å². The molecule has 3 atom stereocenters. The molecule has 0 bridgehead atoms. The summed E-state index contributed by atoms with van der Waals surface area (Å²) < 4.78 is 10.6. The van der Waals surface area contributed by atoms with Crippen molar-refractivity contribution in [3.05, 3.63) is 11.6 Å². The molecule has 0 radical (unpaired) electrons. The van der Waals surface area contributed by atoms with E-state index in [-0.39, 0.29) is 32.3 Å². The van der Waals surface area contributed by atoms with Gasteiger partial charge in [0.25, 0.3) is 0 Å². The first-order chi connectivity index (χ1) is 14.6. The zero-order valence-electron chi connectivity index (χ0n) is 20.7. The number of aldehydes is 2. The van der Waals surface area contributed by atoms with Crippen LogP contribution in [0.4, 0.5) is 0 Å². The summed E-state index contributed by atoms with van der Waals surface area (Å²) >= 11 is 4.60. The first-order valence-electron chi connectivity index (χ1n) is 10.9. The number of thioether (sulfide) groups is 1. The summed E-state index contributed by atoms with van der Waals surface area (Å²) in [6, 6.07) is 0. The van der Waals surface area contributed by atoms with Gasteiger partial charge in [0, 0.05) is 25.0 Å².